The Labute approximate surface area is 154 Å². The van der Waals surface area contributed by atoms with Crippen molar-refractivity contribution in [3.63, 3.8) is 0 Å². The van der Waals surface area contributed by atoms with Crippen LogP contribution in [0.25, 0.3) is 11.1 Å². The number of benzene rings is 2. The normalized spacial score (nSPS) is 16.6. The number of esters is 1. The zero-order valence-electron chi connectivity index (χ0n) is 13.8. The van der Waals surface area contributed by atoms with Gasteiger partial charge in [-0.05, 0) is 35.0 Å². The van der Waals surface area contributed by atoms with Crippen LogP contribution < -0.4 is 5.32 Å². The Kier molecular flexibility index (Phi) is 5.28. The van der Waals surface area contributed by atoms with Crippen molar-refractivity contribution in [1.29, 1.82) is 0 Å². The van der Waals surface area contributed by atoms with Crippen LogP contribution in [0.5, 0.6) is 0 Å². The van der Waals surface area contributed by atoms with Crippen LogP contribution in [0.1, 0.15) is 10.4 Å². The fourth-order valence-electron chi connectivity index (χ4n) is 2.24. The highest BCUT2D eigenvalue weighted by Crippen LogP contribution is 2.24. The maximum Gasteiger partial charge on any atom is 0.331 e. The number of amidine groups is 1. The summed E-state index contributed by atoms with van der Waals surface area (Å²) in [4.78, 5) is 39.3. The Hall–Kier alpha value is -3.19. The van der Waals surface area contributed by atoms with Gasteiger partial charge in [0.25, 0.3) is 11.8 Å². The van der Waals surface area contributed by atoms with Gasteiger partial charge < -0.3 is 10.1 Å². The summed E-state index contributed by atoms with van der Waals surface area (Å²) in [5, 5.41) is 2.58. The van der Waals surface area contributed by atoms with Crippen molar-refractivity contribution < 1.29 is 19.1 Å². The molecule has 1 fully saturated rings. The van der Waals surface area contributed by atoms with Crippen molar-refractivity contribution >= 4 is 34.7 Å². The average Bonchev–Trinajstić information content (AvgIpc) is 3.01. The van der Waals surface area contributed by atoms with Crippen LogP contribution >= 0.6 is 11.8 Å². The van der Waals surface area contributed by atoms with Gasteiger partial charge >= 0.3 is 5.97 Å². The topological polar surface area (TPSA) is 84.8 Å². The summed E-state index contributed by atoms with van der Waals surface area (Å²) in [6.07, 6.45) is 1.06. The van der Waals surface area contributed by atoms with Crippen LogP contribution in [0.2, 0.25) is 0 Å². The zero-order chi connectivity index (χ0) is 18.5. The molecule has 1 N–H and O–H groups in total. The molecule has 0 saturated carbocycles. The van der Waals surface area contributed by atoms with Gasteiger partial charge in [-0.2, -0.15) is 4.99 Å². The molecule has 0 aromatic heterocycles. The maximum absolute atomic E-state index is 12.3. The van der Waals surface area contributed by atoms with E-state index in [-0.39, 0.29) is 10.1 Å². The van der Waals surface area contributed by atoms with Gasteiger partial charge in [0, 0.05) is 11.6 Å². The van der Waals surface area contributed by atoms with E-state index in [1.807, 2.05) is 42.5 Å². The van der Waals surface area contributed by atoms with Crippen molar-refractivity contribution in [1.82, 2.24) is 5.32 Å². The summed E-state index contributed by atoms with van der Waals surface area (Å²) >= 11 is 0.914. The molecular weight excluding hydrogens is 352 g/mol. The second-order valence-electron chi connectivity index (χ2n) is 5.25. The van der Waals surface area contributed by atoms with Crippen LogP contribution in [0.4, 0.5) is 0 Å². The number of carbonyl (C=O) groups excluding carboxylic acids is 3. The molecule has 7 heteroatoms. The molecule has 2 aromatic carbocycles. The molecule has 26 heavy (non-hydrogen) atoms. The number of nitrogens with one attached hydrogen (secondary N) is 1. The molecule has 2 amide bonds. The predicted molar refractivity (Wildman–Crippen MR) is 99.5 cm³/mol. The van der Waals surface area contributed by atoms with E-state index in [4.69, 9.17) is 0 Å². The molecule has 0 spiro atoms. The first-order valence-corrected chi connectivity index (χ1v) is 8.46. The Bertz CT molecular complexity index is 918. The number of amides is 2. The third-order valence-corrected chi connectivity index (χ3v) is 4.45. The van der Waals surface area contributed by atoms with E-state index in [9.17, 15) is 14.4 Å². The first kappa shape index (κ1) is 17.6. The summed E-state index contributed by atoms with van der Waals surface area (Å²) in [6, 6.07) is 16.8. The summed E-state index contributed by atoms with van der Waals surface area (Å²) in [5.41, 5.74) is 2.44. The third-order valence-electron chi connectivity index (χ3n) is 3.54. The number of hydrogen-bond acceptors (Lipinski definition) is 5. The molecule has 6 nitrogen and oxygen atoms in total. The Balaban J connectivity index is 1.74. The molecule has 130 valence electrons. The first-order valence-electron chi connectivity index (χ1n) is 7.64. The second-order valence-corrected chi connectivity index (χ2v) is 6.28. The Morgan fingerprint density at radius 2 is 1.69 bits per heavy atom. The number of carbonyl (C=O) groups is 3. The molecule has 3 rings (SSSR count). The van der Waals surface area contributed by atoms with E-state index in [0.717, 1.165) is 29.0 Å². The Morgan fingerprint density at radius 3 is 2.35 bits per heavy atom. The van der Waals surface area contributed by atoms with Gasteiger partial charge in [0.05, 0.1) is 12.0 Å². The van der Waals surface area contributed by atoms with Crippen LogP contribution in [0, 0.1) is 0 Å². The highest BCUT2D eigenvalue weighted by atomic mass is 32.2. The summed E-state index contributed by atoms with van der Waals surface area (Å²) < 4.78 is 4.48. The van der Waals surface area contributed by atoms with E-state index >= 15 is 0 Å². The fourth-order valence-corrected chi connectivity index (χ4v) is 3.02. The molecule has 2 aromatic rings. The quantitative estimate of drug-likeness (QED) is 0.667. The van der Waals surface area contributed by atoms with Crippen molar-refractivity contribution in [2.45, 2.75) is 0 Å². The lowest BCUT2D eigenvalue weighted by Crippen LogP contribution is -2.21. The van der Waals surface area contributed by atoms with Crippen LogP contribution in [-0.4, -0.2) is 30.1 Å². The number of nitrogens with zero attached hydrogens (tertiary/aromatic N) is 1. The largest absolute Gasteiger partial charge is 0.466 e. The molecular formula is C19H14N2O4S. The Morgan fingerprint density at radius 1 is 1.04 bits per heavy atom. The minimum atomic E-state index is -0.647. The fraction of sp³-hybridized carbons (Fsp3) is 0.0526. The molecule has 1 aliphatic rings. The van der Waals surface area contributed by atoms with E-state index in [2.05, 4.69) is 15.0 Å². The van der Waals surface area contributed by atoms with E-state index in [1.165, 1.54) is 7.11 Å². The van der Waals surface area contributed by atoms with Crippen molar-refractivity contribution in [2.75, 3.05) is 7.11 Å². The molecule has 0 bridgehead atoms. The number of ether oxygens (including phenoxy) is 1. The number of aliphatic imine (C=N–C) groups is 1. The SMILES string of the molecule is COC(=O)/C=C1/SC(=NC(=O)c2ccc(-c3ccccc3)cc2)NC1=O. The van der Waals surface area contributed by atoms with E-state index in [0.29, 0.717) is 5.56 Å². The van der Waals surface area contributed by atoms with Crippen molar-refractivity contribution in [3.8, 4) is 11.1 Å². The number of methoxy groups -OCH3 is 1. The lowest BCUT2D eigenvalue weighted by Gasteiger charge is -2.02. The minimum absolute atomic E-state index is 0.127. The van der Waals surface area contributed by atoms with E-state index < -0.39 is 17.8 Å². The smallest absolute Gasteiger partial charge is 0.331 e. The highest BCUT2D eigenvalue weighted by Gasteiger charge is 2.25. The molecule has 0 unspecified atom stereocenters. The molecule has 0 atom stereocenters. The molecule has 1 aliphatic heterocycles. The summed E-state index contributed by atoms with van der Waals surface area (Å²) in [7, 11) is 1.22. The van der Waals surface area contributed by atoms with Gasteiger partial charge in [-0.15, -0.1) is 0 Å². The first-order chi connectivity index (χ1) is 12.6. The van der Waals surface area contributed by atoms with Crippen LogP contribution in [0.15, 0.2) is 70.6 Å². The molecule has 1 saturated heterocycles. The van der Waals surface area contributed by atoms with Gasteiger partial charge in [0.1, 0.15) is 0 Å². The summed E-state index contributed by atoms with van der Waals surface area (Å²) in [5.74, 6) is -1.62. The van der Waals surface area contributed by atoms with Gasteiger partial charge in [-0.25, -0.2) is 4.79 Å². The van der Waals surface area contributed by atoms with Crippen LogP contribution in [-0.2, 0) is 14.3 Å². The second kappa shape index (κ2) is 7.79. The summed E-state index contributed by atoms with van der Waals surface area (Å²) in [6.45, 7) is 0. The third kappa shape index (κ3) is 4.07. The van der Waals surface area contributed by atoms with Gasteiger partial charge in [0.15, 0.2) is 5.17 Å². The number of thioether (sulfide) groups is 1. The standard InChI is InChI=1S/C19H14N2O4S/c1-25-16(22)11-15-18(24)21-19(26-15)20-17(23)14-9-7-13(8-10-14)12-5-3-2-4-6-12/h2-11H,1H3,(H,20,21,23,24)/b15-11+. The monoisotopic (exact) mass is 366 g/mol. The van der Waals surface area contributed by atoms with Gasteiger partial charge in [0.2, 0.25) is 0 Å². The lowest BCUT2D eigenvalue weighted by molar-refractivity contribution is -0.135. The number of hydrogen-bond donors (Lipinski definition) is 1. The zero-order valence-corrected chi connectivity index (χ0v) is 14.6. The average molecular weight is 366 g/mol. The predicted octanol–water partition coefficient (Wildman–Crippen LogP) is 2.77. The van der Waals surface area contributed by atoms with Crippen molar-refractivity contribution in [3.05, 3.63) is 71.1 Å². The highest BCUT2D eigenvalue weighted by molar-refractivity contribution is 8.18. The van der Waals surface area contributed by atoms with Crippen molar-refractivity contribution in [2.24, 2.45) is 4.99 Å². The van der Waals surface area contributed by atoms with Crippen LogP contribution in [0.3, 0.4) is 0 Å². The number of rotatable bonds is 3. The van der Waals surface area contributed by atoms with Gasteiger partial charge in [-0.3, -0.25) is 9.59 Å². The molecule has 0 radical (unpaired) electrons. The molecule has 0 aliphatic carbocycles. The van der Waals surface area contributed by atoms with E-state index in [1.54, 1.807) is 12.1 Å². The maximum atomic E-state index is 12.3. The van der Waals surface area contributed by atoms with Gasteiger partial charge in [-0.1, -0.05) is 42.5 Å². The lowest BCUT2D eigenvalue weighted by atomic mass is 10.0. The minimum Gasteiger partial charge on any atom is -0.466 e. The molecule has 1 heterocycles.